The van der Waals surface area contributed by atoms with Gasteiger partial charge < -0.3 is 15.4 Å². The number of hydrogen-bond donors (Lipinski definition) is 1. The Morgan fingerprint density at radius 1 is 1.30 bits per heavy atom. The van der Waals surface area contributed by atoms with Crippen LogP contribution in [0.1, 0.15) is 27.2 Å². The highest BCUT2D eigenvalue weighted by molar-refractivity contribution is 7.80. The van der Waals surface area contributed by atoms with Gasteiger partial charge in [-0.3, -0.25) is 9.69 Å². The molecule has 0 aromatic heterocycles. The number of rotatable bonds is 3. The molecular formula is C14H25N3O2S. The van der Waals surface area contributed by atoms with E-state index < -0.39 is 0 Å². The van der Waals surface area contributed by atoms with Gasteiger partial charge in [0.15, 0.2) is 0 Å². The third-order valence-electron chi connectivity index (χ3n) is 4.68. The zero-order valence-corrected chi connectivity index (χ0v) is 13.4. The summed E-state index contributed by atoms with van der Waals surface area (Å²) in [5.74, 6) is 0.271. The van der Waals surface area contributed by atoms with E-state index in [1.807, 2.05) is 25.7 Å². The number of hydrogen-bond acceptors (Lipinski definition) is 4. The lowest BCUT2D eigenvalue weighted by Crippen LogP contribution is -2.60. The fraction of sp³-hybridized carbons (Fsp3) is 0.857. The fourth-order valence-corrected chi connectivity index (χ4v) is 3.06. The minimum atomic E-state index is -0.283. The molecule has 2 unspecified atom stereocenters. The zero-order valence-electron chi connectivity index (χ0n) is 12.6. The summed E-state index contributed by atoms with van der Waals surface area (Å²) in [4.78, 5) is 17.2. The Hall–Kier alpha value is -0.720. The number of nitrogens with zero attached hydrogens (tertiary/aromatic N) is 2. The van der Waals surface area contributed by atoms with E-state index in [0.717, 1.165) is 32.6 Å². The molecule has 2 atom stereocenters. The molecule has 2 N–H and O–H groups in total. The Labute approximate surface area is 126 Å². The molecule has 0 radical (unpaired) electrons. The first-order chi connectivity index (χ1) is 9.34. The number of ether oxygens (including phenoxy) is 1. The molecule has 5 nitrogen and oxygen atoms in total. The van der Waals surface area contributed by atoms with Crippen molar-refractivity contribution in [3.63, 3.8) is 0 Å². The highest BCUT2D eigenvalue weighted by Gasteiger charge is 2.37. The molecule has 2 rings (SSSR count). The molecular weight excluding hydrogens is 274 g/mol. The molecule has 20 heavy (non-hydrogen) atoms. The third kappa shape index (κ3) is 2.97. The predicted molar refractivity (Wildman–Crippen MR) is 82.5 cm³/mol. The van der Waals surface area contributed by atoms with Crippen LogP contribution in [0.3, 0.4) is 0 Å². The summed E-state index contributed by atoms with van der Waals surface area (Å²) in [5.41, 5.74) is 5.52. The lowest BCUT2D eigenvalue weighted by molar-refractivity contribution is -0.139. The van der Waals surface area contributed by atoms with Crippen molar-refractivity contribution in [3.05, 3.63) is 0 Å². The molecule has 2 fully saturated rings. The number of carbonyl (C=O) groups excluding carboxylic acids is 1. The van der Waals surface area contributed by atoms with Crippen molar-refractivity contribution in [2.75, 3.05) is 32.8 Å². The van der Waals surface area contributed by atoms with Crippen LogP contribution < -0.4 is 5.73 Å². The van der Waals surface area contributed by atoms with Crippen LogP contribution in [0.2, 0.25) is 0 Å². The molecule has 2 aliphatic heterocycles. The first kappa shape index (κ1) is 15.7. The van der Waals surface area contributed by atoms with Crippen LogP contribution in [-0.4, -0.2) is 65.1 Å². The second-order valence-corrected chi connectivity index (χ2v) is 6.65. The second kappa shape index (κ2) is 5.95. The van der Waals surface area contributed by atoms with Crippen LogP contribution in [0.25, 0.3) is 0 Å². The van der Waals surface area contributed by atoms with Crippen LogP contribution in [0.15, 0.2) is 0 Å². The van der Waals surface area contributed by atoms with Crippen molar-refractivity contribution >= 4 is 23.1 Å². The Bertz CT molecular complexity index is 392. The minimum absolute atomic E-state index is 0.0325. The lowest BCUT2D eigenvalue weighted by atomic mass is 9.99. The predicted octanol–water partition coefficient (Wildman–Crippen LogP) is 0.620. The maximum atomic E-state index is 12.5. The normalized spacial score (nSPS) is 28.6. The van der Waals surface area contributed by atoms with Gasteiger partial charge in [-0.25, -0.2) is 0 Å². The van der Waals surface area contributed by atoms with E-state index in [0.29, 0.717) is 11.6 Å². The minimum Gasteiger partial charge on any atom is -0.392 e. The van der Waals surface area contributed by atoms with Crippen molar-refractivity contribution in [1.29, 1.82) is 0 Å². The summed E-state index contributed by atoms with van der Waals surface area (Å²) in [6.07, 6.45) is 0.895. The Morgan fingerprint density at radius 3 is 2.35 bits per heavy atom. The summed E-state index contributed by atoms with van der Waals surface area (Å²) in [6, 6.07) is 0. The first-order valence-electron chi connectivity index (χ1n) is 7.29. The van der Waals surface area contributed by atoms with E-state index in [2.05, 4.69) is 4.90 Å². The van der Waals surface area contributed by atoms with E-state index in [-0.39, 0.29) is 23.5 Å². The highest BCUT2D eigenvalue weighted by Crippen LogP contribution is 2.24. The molecule has 0 aliphatic carbocycles. The summed E-state index contributed by atoms with van der Waals surface area (Å²) < 4.78 is 5.49. The van der Waals surface area contributed by atoms with Crippen molar-refractivity contribution in [3.8, 4) is 0 Å². The van der Waals surface area contributed by atoms with Crippen molar-refractivity contribution in [1.82, 2.24) is 9.80 Å². The molecule has 1 amide bonds. The lowest BCUT2D eigenvalue weighted by Gasteiger charge is -2.44. The summed E-state index contributed by atoms with van der Waals surface area (Å²) >= 11 is 5.14. The van der Waals surface area contributed by atoms with Crippen molar-refractivity contribution in [2.45, 2.75) is 38.8 Å². The van der Waals surface area contributed by atoms with Crippen LogP contribution in [0, 0.1) is 5.92 Å². The SMILES string of the molecule is CC1OCCC1C(=O)N1CCN(C(C)(C)C(N)=S)CC1. The van der Waals surface area contributed by atoms with E-state index in [4.69, 9.17) is 22.7 Å². The van der Waals surface area contributed by atoms with E-state index in [1.165, 1.54) is 0 Å². The van der Waals surface area contributed by atoms with E-state index in [1.54, 1.807) is 0 Å². The number of nitrogens with two attached hydrogens (primary N) is 1. The Morgan fingerprint density at radius 2 is 1.90 bits per heavy atom. The monoisotopic (exact) mass is 299 g/mol. The van der Waals surface area contributed by atoms with Gasteiger partial charge in [0.1, 0.15) is 0 Å². The van der Waals surface area contributed by atoms with Gasteiger partial charge in [-0.05, 0) is 27.2 Å². The zero-order chi connectivity index (χ0) is 14.9. The van der Waals surface area contributed by atoms with Crippen LogP contribution in [0.4, 0.5) is 0 Å². The van der Waals surface area contributed by atoms with Crippen LogP contribution in [0.5, 0.6) is 0 Å². The molecule has 0 aromatic carbocycles. The van der Waals surface area contributed by atoms with Crippen molar-refractivity contribution < 1.29 is 9.53 Å². The molecule has 0 saturated carbocycles. The fourth-order valence-electron chi connectivity index (χ4n) is 2.93. The van der Waals surface area contributed by atoms with Gasteiger partial charge in [-0.2, -0.15) is 0 Å². The maximum absolute atomic E-state index is 12.5. The average Bonchev–Trinajstić information content (AvgIpc) is 2.84. The largest absolute Gasteiger partial charge is 0.392 e. The smallest absolute Gasteiger partial charge is 0.228 e. The molecule has 2 aliphatic rings. The number of carbonyl (C=O) groups is 1. The summed E-state index contributed by atoms with van der Waals surface area (Å²) in [7, 11) is 0. The number of piperazine rings is 1. The first-order valence-corrected chi connectivity index (χ1v) is 7.70. The van der Waals surface area contributed by atoms with Crippen LogP contribution in [-0.2, 0) is 9.53 Å². The molecule has 2 heterocycles. The molecule has 0 spiro atoms. The van der Waals surface area contributed by atoms with Gasteiger partial charge in [0, 0.05) is 32.8 Å². The maximum Gasteiger partial charge on any atom is 0.228 e. The van der Waals surface area contributed by atoms with Gasteiger partial charge in [-0.1, -0.05) is 12.2 Å². The van der Waals surface area contributed by atoms with Gasteiger partial charge in [0.2, 0.25) is 5.91 Å². The highest BCUT2D eigenvalue weighted by atomic mass is 32.1. The van der Waals surface area contributed by atoms with Gasteiger partial charge in [-0.15, -0.1) is 0 Å². The van der Waals surface area contributed by atoms with Gasteiger partial charge in [0.05, 0.1) is 22.5 Å². The van der Waals surface area contributed by atoms with Gasteiger partial charge >= 0.3 is 0 Å². The topological polar surface area (TPSA) is 58.8 Å². The quantitative estimate of drug-likeness (QED) is 0.774. The summed E-state index contributed by atoms with van der Waals surface area (Å²) in [6.45, 7) is 9.89. The molecule has 0 bridgehead atoms. The number of amides is 1. The summed E-state index contributed by atoms with van der Waals surface area (Å²) in [5, 5.41) is 0. The van der Waals surface area contributed by atoms with Gasteiger partial charge in [0.25, 0.3) is 0 Å². The molecule has 6 heteroatoms. The molecule has 114 valence electrons. The molecule has 2 saturated heterocycles. The van der Waals surface area contributed by atoms with Crippen LogP contribution >= 0.6 is 12.2 Å². The van der Waals surface area contributed by atoms with Crippen molar-refractivity contribution in [2.24, 2.45) is 11.7 Å². The Balaban J connectivity index is 1.91. The average molecular weight is 299 g/mol. The number of thiocarbonyl (C=S) groups is 1. The van der Waals surface area contributed by atoms with E-state index >= 15 is 0 Å². The second-order valence-electron chi connectivity index (χ2n) is 6.21. The standard InChI is InChI=1S/C14H25N3O2S/c1-10-11(4-9-19-10)12(18)16-5-7-17(8-6-16)14(2,3)13(15)20/h10-11H,4-9H2,1-3H3,(H2,15,20). The molecule has 0 aromatic rings. The Kier molecular flexibility index (Phi) is 4.66. The van der Waals surface area contributed by atoms with E-state index in [9.17, 15) is 4.79 Å². The third-order valence-corrected chi connectivity index (χ3v) is 5.18.